The smallest absolute Gasteiger partial charge is 0.296 e. The predicted octanol–water partition coefficient (Wildman–Crippen LogP) is 1.50. The van der Waals surface area contributed by atoms with Crippen LogP contribution in [0, 0.1) is 0 Å². The molecule has 6 nitrogen and oxygen atoms in total. The fourth-order valence-electron chi connectivity index (χ4n) is 2.91. The molecule has 0 unspecified atom stereocenters. The van der Waals surface area contributed by atoms with Gasteiger partial charge in [-0.25, -0.2) is 0 Å². The van der Waals surface area contributed by atoms with E-state index in [9.17, 15) is 13.2 Å². The van der Waals surface area contributed by atoms with Gasteiger partial charge in [0.2, 0.25) is 0 Å². The largest absolute Gasteiger partial charge is 0.408 e. The molecular formula is C15H21F3N6. The Hall–Kier alpha value is -1.87. The van der Waals surface area contributed by atoms with Crippen LogP contribution >= 0.6 is 0 Å². The van der Waals surface area contributed by atoms with E-state index in [1.165, 1.54) is 11.8 Å². The van der Waals surface area contributed by atoms with Crippen LogP contribution in [0.25, 0.3) is 0 Å². The zero-order valence-electron chi connectivity index (χ0n) is 13.6. The van der Waals surface area contributed by atoms with Crippen LogP contribution < -0.4 is 0 Å². The Morgan fingerprint density at radius 2 is 1.75 bits per heavy atom. The molecule has 0 aliphatic carbocycles. The van der Waals surface area contributed by atoms with Gasteiger partial charge >= 0.3 is 6.18 Å². The minimum Gasteiger partial charge on any atom is -0.296 e. The number of hydrogen-bond acceptors (Lipinski definition) is 4. The summed E-state index contributed by atoms with van der Waals surface area (Å²) in [7, 11) is 1.90. The van der Waals surface area contributed by atoms with Crippen molar-refractivity contribution in [3.05, 3.63) is 35.9 Å². The van der Waals surface area contributed by atoms with Gasteiger partial charge in [-0.05, 0) is 6.07 Å². The average Bonchev–Trinajstić information content (AvgIpc) is 3.09. The topological polar surface area (TPSA) is 42.1 Å². The van der Waals surface area contributed by atoms with E-state index in [1.807, 2.05) is 19.4 Å². The summed E-state index contributed by atoms with van der Waals surface area (Å²) in [6.07, 6.45) is 1.04. The van der Waals surface area contributed by atoms with Crippen LogP contribution in [-0.4, -0.2) is 61.7 Å². The number of rotatable bonds is 5. The SMILES string of the molecule is Cn1cc(CN2CCN(Cc3ccn(CC(F)(F)F)n3)CC2)cn1. The monoisotopic (exact) mass is 342 g/mol. The van der Waals surface area contributed by atoms with Crippen molar-refractivity contribution in [2.45, 2.75) is 25.8 Å². The predicted molar refractivity (Wildman–Crippen MR) is 82.0 cm³/mol. The van der Waals surface area contributed by atoms with Gasteiger partial charge in [-0.15, -0.1) is 0 Å². The third-order valence-electron chi connectivity index (χ3n) is 4.05. The zero-order chi connectivity index (χ0) is 17.2. The molecule has 0 N–H and O–H groups in total. The molecule has 1 fully saturated rings. The molecule has 0 bridgehead atoms. The second kappa shape index (κ2) is 6.94. The molecule has 1 aliphatic heterocycles. The molecule has 0 amide bonds. The Morgan fingerprint density at radius 1 is 1.08 bits per heavy atom. The van der Waals surface area contributed by atoms with Gasteiger partial charge in [-0.2, -0.15) is 23.4 Å². The van der Waals surface area contributed by atoms with E-state index in [2.05, 4.69) is 20.0 Å². The lowest BCUT2D eigenvalue weighted by Crippen LogP contribution is -2.45. The van der Waals surface area contributed by atoms with Crippen molar-refractivity contribution >= 4 is 0 Å². The summed E-state index contributed by atoms with van der Waals surface area (Å²) in [4.78, 5) is 4.58. The van der Waals surface area contributed by atoms with Crippen molar-refractivity contribution in [3.8, 4) is 0 Å². The second-order valence-corrected chi connectivity index (χ2v) is 6.19. The normalized spacial score (nSPS) is 17.5. The van der Waals surface area contributed by atoms with Crippen LogP contribution in [0.5, 0.6) is 0 Å². The van der Waals surface area contributed by atoms with Gasteiger partial charge < -0.3 is 0 Å². The van der Waals surface area contributed by atoms with Gasteiger partial charge in [0.25, 0.3) is 0 Å². The summed E-state index contributed by atoms with van der Waals surface area (Å²) < 4.78 is 39.8. The number of piperazine rings is 1. The molecule has 0 spiro atoms. The highest BCUT2D eigenvalue weighted by atomic mass is 19.4. The van der Waals surface area contributed by atoms with Gasteiger partial charge in [0, 0.05) is 64.3 Å². The number of nitrogens with zero attached hydrogens (tertiary/aromatic N) is 6. The van der Waals surface area contributed by atoms with Crippen LogP contribution in [0.4, 0.5) is 13.2 Å². The molecule has 0 saturated carbocycles. The van der Waals surface area contributed by atoms with E-state index in [-0.39, 0.29) is 0 Å². The molecular weight excluding hydrogens is 321 g/mol. The Bertz CT molecular complexity index is 654. The Kier molecular flexibility index (Phi) is 4.91. The lowest BCUT2D eigenvalue weighted by molar-refractivity contribution is -0.142. The quantitative estimate of drug-likeness (QED) is 0.826. The minimum absolute atomic E-state index is 0.589. The lowest BCUT2D eigenvalue weighted by Gasteiger charge is -2.34. The number of hydrogen-bond donors (Lipinski definition) is 0. The molecule has 24 heavy (non-hydrogen) atoms. The Balaban J connectivity index is 1.45. The van der Waals surface area contributed by atoms with Gasteiger partial charge in [0.1, 0.15) is 6.54 Å². The van der Waals surface area contributed by atoms with Crippen LogP contribution in [0.15, 0.2) is 24.7 Å². The highest BCUT2D eigenvalue weighted by Crippen LogP contribution is 2.17. The highest BCUT2D eigenvalue weighted by Gasteiger charge is 2.28. The van der Waals surface area contributed by atoms with Gasteiger partial charge in [-0.1, -0.05) is 0 Å². The summed E-state index contributed by atoms with van der Waals surface area (Å²) in [5.41, 5.74) is 1.87. The molecule has 0 atom stereocenters. The van der Waals surface area contributed by atoms with Gasteiger partial charge in [0.05, 0.1) is 11.9 Å². The first-order valence-corrected chi connectivity index (χ1v) is 7.89. The highest BCUT2D eigenvalue weighted by molar-refractivity contribution is 5.04. The van der Waals surface area contributed by atoms with Gasteiger partial charge in [-0.3, -0.25) is 19.2 Å². The summed E-state index contributed by atoms with van der Waals surface area (Å²) in [5.74, 6) is 0. The van der Waals surface area contributed by atoms with Crippen LogP contribution in [0.2, 0.25) is 0 Å². The van der Waals surface area contributed by atoms with Crippen molar-refractivity contribution < 1.29 is 13.2 Å². The van der Waals surface area contributed by atoms with Crippen molar-refractivity contribution in [1.82, 2.24) is 29.4 Å². The van der Waals surface area contributed by atoms with E-state index < -0.39 is 12.7 Å². The number of alkyl halides is 3. The molecule has 132 valence electrons. The summed E-state index contributed by atoms with van der Waals surface area (Å²) in [5, 5.41) is 8.18. The molecule has 0 radical (unpaired) electrons. The first-order chi connectivity index (χ1) is 11.4. The maximum absolute atomic E-state index is 12.3. The van der Waals surface area contributed by atoms with E-state index >= 15 is 0 Å². The summed E-state index contributed by atoms with van der Waals surface area (Å²) >= 11 is 0. The Labute approximate surface area is 138 Å². The number of halogens is 3. The standard InChI is InChI=1S/C15H21F3N6/c1-21-9-13(8-19-21)10-22-4-6-23(7-5-22)11-14-2-3-24(20-14)12-15(16,17)18/h2-3,8-9H,4-7,10-12H2,1H3. The number of aromatic nitrogens is 4. The maximum atomic E-state index is 12.3. The maximum Gasteiger partial charge on any atom is 0.408 e. The molecule has 1 aliphatic rings. The number of aryl methyl sites for hydroxylation is 1. The second-order valence-electron chi connectivity index (χ2n) is 6.19. The molecule has 2 aromatic heterocycles. The van der Waals surface area contributed by atoms with Crippen LogP contribution in [0.1, 0.15) is 11.3 Å². The van der Waals surface area contributed by atoms with Crippen molar-refractivity contribution in [1.29, 1.82) is 0 Å². The molecule has 3 rings (SSSR count). The summed E-state index contributed by atoms with van der Waals surface area (Å²) in [6, 6.07) is 1.66. The van der Waals surface area contributed by atoms with Crippen molar-refractivity contribution in [3.63, 3.8) is 0 Å². The van der Waals surface area contributed by atoms with Gasteiger partial charge in [0.15, 0.2) is 0 Å². The van der Waals surface area contributed by atoms with E-state index in [0.717, 1.165) is 37.4 Å². The van der Waals surface area contributed by atoms with Crippen LogP contribution in [0.3, 0.4) is 0 Å². The third kappa shape index (κ3) is 4.81. The van der Waals surface area contributed by atoms with E-state index in [1.54, 1.807) is 10.7 Å². The third-order valence-corrected chi connectivity index (χ3v) is 4.05. The fraction of sp³-hybridized carbons (Fsp3) is 0.600. The molecule has 0 aromatic carbocycles. The lowest BCUT2D eigenvalue weighted by atomic mass is 10.2. The molecule has 1 saturated heterocycles. The van der Waals surface area contributed by atoms with Crippen molar-refractivity contribution in [2.24, 2.45) is 7.05 Å². The summed E-state index contributed by atoms with van der Waals surface area (Å²) in [6.45, 7) is 4.05. The Morgan fingerprint density at radius 3 is 2.33 bits per heavy atom. The van der Waals surface area contributed by atoms with E-state index in [0.29, 0.717) is 12.2 Å². The van der Waals surface area contributed by atoms with Crippen LogP contribution in [-0.2, 0) is 26.7 Å². The zero-order valence-corrected chi connectivity index (χ0v) is 13.6. The molecule has 2 aromatic rings. The van der Waals surface area contributed by atoms with E-state index in [4.69, 9.17) is 0 Å². The first kappa shape index (κ1) is 17.0. The molecule has 9 heteroatoms. The molecule has 3 heterocycles. The van der Waals surface area contributed by atoms with Crippen molar-refractivity contribution in [2.75, 3.05) is 26.2 Å². The average molecular weight is 342 g/mol. The minimum atomic E-state index is -4.23. The fourth-order valence-corrected chi connectivity index (χ4v) is 2.91. The first-order valence-electron chi connectivity index (χ1n) is 7.89.